The smallest absolute Gasteiger partial charge is 0.271 e. The number of rotatable bonds is 4. The molecule has 5 heteroatoms. The molecule has 96 valence electrons. The van der Waals surface area contributed by atoms with Crippen LogP contribution in [-0.4, -0.2) is 21.9 Å². The zero-order valence-electron chi connectivity index (χ0n) is 10.3. The molecule has 1 amide bonds. The van der Waals surface area contributed by atoms with Crippen molar-refractivity contribution < 1.29 is 4.79 Å². The first-order valence-corrected chi connectivity index (χ1v) is 6.26. The molecule has 1 aromatic heterocycles. The van der Waals surface area contributed by atoms with E-state index in [1.54, 1.807) is 6.20 Å². The first-order chi connectivity index (χ1) is 9.31. The second-order valence-corrected chi connectivity index (χ2v) is 4.53. The number of carbonyl (C=O) groups is 1. The zero-order valence-corrected chi connectivity index (χ0v) is 10.3. The largest absolute Gasteiger partial charge is 0.348 e. The first-order valence-electron chi connectivity index (χ1n) is 6.26. The second kappa shape index (κ2) is 5.06. The highest BCUT2D eigenvalue weighted by molar-refractivity contribution is 5.92. The van der Waals surface area contributed by atoms with Crippen molar-refractivity contribution in [2.24, 2.45) is 0 Å². The summed E-state index contributed by atoms with van der Waals surface area (Å²) in [5.74, 6) is 0.468. The third-order valence-corrected chi connectivity index (χ3v) is 2.84. The van der Waals surface area contributed by atoms with E-state index >= 15 is 0 Å². The fraction of sp³-hybridized carbons (Fsp3) is 0.214. The van der Waals surface area contributed by atoms with E-state index in [0.29, 0.717) is 17.6 Å². The minimum atomic E-state index is -0.152. The lowest BCUT2D eigenvalue weighted by Gasteiger charge is -2.06. The van der Waals surface area contributed by atoms with Crippen molar-refractivity contribution in [1.82, 2.24) is 15.3 Å². The van der Waals surface area contributed by atoms with E-state index in [0.717, 1.165) is 18.5 Å². The Morgan fingerprint density at radius 3 is 2.53 bits per heavy atom. The summed E-state index contributed by atoms with van der Waals surface area (Å²) in [6.45, 7) is 0. The van der Waals surface area contributed by atoms with Crippen molar-refractivity contribution in [3.05, 3.63) is 48.4 Å². The fourth-order valence-corrected chi connectivity index (χ4v) is 1.67. The van der Waals surface area contributed by atoms with Crippen LogP contribution in [0.5, 0.6) is 0 Å². The second-order valence-electron chi connectivity index (χ2n) is 4.53. The van der Waals surface area contributed by atoms with Crippen LogP contribution >= 0.6 is 0 Å². The Bertz CT molecular complexity index is 564. The van der Waals surface area contributed by atoms with Crippen molar-refractivity contribution in [3.8, 4) is 0 Å². The van der Waals surface area contributed by atoms with Crippen molar-refractivity contribution in [3.63, 3.8) is 0 Å². The monoisotopic (exact) mass is 254 g/mol. The van der Waals surface area contributed by atoms with E-state index in [1.165, 1.54) is 6.20 Å². The minimum Gasteiger partial charge on any atom is -0.348 e. The van der Waals surface area contributed by atoms with E-state index in [4.69, 9.17) is 0 Å². The topological polar surface area (TPSA) is 66.9 Å². The molecule has 3 rings (SSSR count). The van der Waals surface area contributed by atoms with Crippen molar-refractivity contribution in [1.29, 1.82) is 0 Å². The van der Waals surface area contributed by atoms with Crippen LogP contribution in [0.4, 0.5) is 11.5 Å². The number of anilines is 2. The van der Waals surface area contributed by atoms with Gasteiger partial charge in [0, 0.05) is 11.7 Å². The van der Waals surface area contributed by atoms with Gasteiger partial charge in [-0.15, -0.1) is 0 Å². The Morgan fingerprint density at radius 1 is 1.11 bits per heavy atom. The molecule has 5 nitrogen and oxygen atoms in total. The number of nitrogens with zero attached hydrogens (tertiary/aromatic N) is 2. The number of hydrogen-bond donors (Lipinski definition) is 2. The highest BCUT2D eigenvalue weighted by Crippen LogP contribution is 2.19. The predicted molar refractivity (Wildman–Crippen MR) is 72.2 cm³/mol. The number of amides is 1. The molecule has 0 saturated heterocycles. The first kappa shape index (κ1) is 11.6. The maximum absolute atomic E-state index is 11.7. The summed E-state index contributed by atoms with van der Waals surface area (Å²) >= 11 is 0. The van der Waals surface area contributed by atoms with Gasteiger partial charge in [0.15, 0.2) is 0 Å². The van der Waals surface area contributed by atoms with E-state index < -0.39 is 0 Å². The summed E-state index contributed by atoms with van der Waals surface area (Å²) in [7, 11) is 0. The predicted octanol–water partition coefficient (Wildman–Crippen LogP) is 2.11. The van der Waals surface area contributed by atoms with Crippen LogP contribution in [-0.2, 0) is 0 Å². The molecule has 1 fully saturated rings. The minimum absolute atomic E-state index is 0.152. The zero-order chi connectivity index (χ0) is 13.1. The van der Waals surface area contributed by atoms with Gasteiger partial charge >= 0.3 is 0 Å². The van der Waals surface area contributed by atoms with Crippen LogP contribution < -0.4 is 10.6 Å². The van der Waals surface area contributed by atoms with E-state index in [1.807, 2.05) is 30.3 Å². The van der Waals surface area contributed by atoms with Crippen molar-refractivity contribution in [2.45, 2.75) is 18.9 Å². The Morgan fingerprint density at radius 2 is 1.89 bits per heavy atom. The molecule has 1 aliphatic rings. The number of aromatic nitrogens is 2. The van der Waals surface area contributed by atoms with Crippen LogP contribution in [0.3, 0.4) is 0 Å². The van der Waals surface area contributed by atoms with Crippen LogP contribution in [0.15, 0.2) is 42.7 Å². The Hall–Kier alpha value is -2.43. The molecule has 19 heavy (non-hydrogen) atoms. The van der Waals surface area contributed by atoms with Gasteiger partial charge < -0.3 is 10.6 Å². The normalized spacial score (nSPS) is 13.9. The van der Waals surface area contributed by atoms with Crippen LogP contribution in [0.2, 0.25) is 0 Å². The van der Waals surface area contributed by atoms with Gasteiger partial charge in [0.2, 0.25) is 0 Å². The molecule has 2 N–H and O–H groups in total. The molecule has 0 atom stereocenters. The lowest BCUT2D eigenvalue weighted by Crippen LogP contribution is -2.26. The lowest BCUT2D eigenvalue weighted by molar-refractivity contribution is 0.0945. The molecule has 1 heterocycles. The van der Waals surface area contributed by atoms with Crippen molar-refractivity contribution in [2.75, 3.05) is 5.32 Å². The molecule has 1 aliphatic carbocycles. The number of para-hydroxylation sites is 1. The molecule has 0 radical (unpaired) electrons. The molecule has 0 aliphatic heterocycles. The van der Waals surface area contributed by atoms with Crippen LogP contribution in [0, 0.1) is 0 Å². The maximum Gasteiger partial charge on any atom is 0.271 e. The molecular weight excluding hydrogens is 240 g/mol. The summed E-state index contributed by atoms with van der Waals surface area (Å²) in [5, 5.41) is 6.00. The summed E-state index contributed by atoms with van der Waals surface area (Å²) in [6.07, 6.45) is 5.18. The third-order valence-electron chi connectivity index (χ3n) is 2.84. The summed E-state index contributed by atoms with van der Waals surface area (Å²) in [4.78, 5) is 20.0. The molecule has 0 bridgehead atoms. The number of benzene rings is 1. The average molecular weight is 254 g/mol. The Labute approximate surface area is 111 Å². The number of carbonyl (C=O) groups excluding carboxylic acids is 1. The summed E-state index contributed by atoms with van der Waals surface area (Å²) in [5.41, 5.74) is 1.29. The van der Waals surface area contributed by atoms with E-state index in [2.05, 4.69) is 20.6 Å². The SMILES string of the molecule is O=C(NC1CC1)c1cnc(Nc2ccccc2)cn1. The van der Waals surface area contributed by atoms with Gasteiger partial charge in [-0.05, 0) is 25.0 Å². The van der Waals surface area contributed by atoms with Gasteiger partial charge in [0.05, 0.1) is 12.4 Å². The van der Waals surface area contributed by atoms with Gasteiger partial charge in [-0.2, -0.15) is 0 Å². The lowest BCUT2D eigenvalue weighted by atomic mass is 10.3. The van der Waals surface area contributed by atoms with Gasteiger partial charge in [0.25, 0.3) is 5.91 Å². The fourth-order valence-electron chi connectivity index (χ4n) is 1.67. The molecule has 0 spiro atoms. The Balaban J connectivity index is 1.66. The quantitative estimate of drug-likeness (QED) is 0.877. The van der Waals surface area contributed by atoms with Gasteiger partial charge in [-0.1, -0.05) is 18.2 Å². The van der Waals surface area contributed by atoms with Crippen LogP contribution in [0.25, 0.3) is 0 Å². The van der Waals surface area contributed by atoms with E-state index in [9.17, 15) is 4.79 Å². The molecule has 1 aromatic carbocycles. The number of nitrogens with one attached hydrogen (secondary N) is 2. The van der Waals surface area contributed by atoms with Gasteiger partial charge in [-0.25, -0.2) is 9.97 Å². The summed E-state index contributed by atoms with van der Waals surface area (Å²) < 4.78 is 0. The highest BCUT2D eigenvalue weighted by Gasteiger charge is 2.24. The average Bonchev–Trinajstić information content (AvgIpc) is 3.25. The highest BCUT2D eigenvalue weighted by atomic mass is 16.2. The number of hydrogen-bond acceptors (Lipinski definition) is 4. The van der Waals surface area contributed by atoms with Gasteiger partial charge in [-0.3, -0.25) is 4.79 Å². The standard InChI is InChI=1S/C14H14N4O/c19-14(18-11-6-7-11)12-8-16-13(9-15-12)17-10-4-2-1-3-5-10/h1-5,8-9,11H,6-7H2,(H,16,17)(H,18,19). The summed E-state index contributed by atoms with van der Waals surface area (Å²) in [6, 6.07) is 10.0. The van der Waals surface area contributed by atoms with Crippen molar-refractivity contribution >= 4 is 17.4 Å². The molecular formula is C14H14N4O. The third kappa shape index (κ3) is 3.07. The van der Waals surface area contributed by atoms with Gasteiger partial charge in [0.1, 0.15) is 11.5 Å². The van der Waals surface area contributed by atoms with E-state index in [-0.39, 0.29) is 5.91 Å². The molecule has 1 saturated carbocycles. The Kier molecular flexibility index (Phi) is 3.10. The van der Waals surface area contributed by atoms with Crippen LogP contribution in [0.1, 0.15) is 23.3 Å². The maximum atomic E-state index is 11.7. The molecule has 0 unspecified atom stereocenters. The molecule has 2 aromatic rings.